The van der Waals surface area contributed by atoms with Gasteiger partial charge >= 0.3 is 0 Å². The lowest BCUT2D eigenvalue weighted by molar-refractivity contribution is 0.908. The first-order valence-corrected chi connectivity index (χ1v) is 6.14. The summed E-state index contributed by atoms with van der Waals surface area (Å²) in [5, 5.41) is 1.07. The summed E-state index contributed by atoms with van der Waals surface area (Å²) >= 11 is 0. The molecule has 2 aromatic rings. The van der Waals surface area contributed by atoms with Gasteiger partial charge in [0.25, 0.3) is 0 Å². The molecule has 0 aliphatic rings. The second-order valence-corrected chi connectivity index (χ2v) is 4.20. The Hall–Kier alpha value is -1.94. The molecule has 0 aliphatic heterocycles. The Morgan fingerprint density at radius 1 is 1.39 bits per heavy atom. The van der Waals surface area contributed by atoms with Crippen molar-refractivity contribution in [2.45, 2.75) is 20.3 Å². The number of nitrogens with zero attached hydrogens (tertiary/aromatic N) is 2. The van der Waals surface area contributed by atoms with Crippen LogP contribution in [0.4, 0.5) is 0 Å². The predicted octanol–water partition coefficient (Wildman–Crippen LogP) is 2.16. The maximum Gasteiger partial charge on any atom is 0.143 e. The van der Waals surface area contributed by atoms with Crippen LogP contribution in [-0.4, -0.2) is 17.4 Å². The molecule has 0 atom stereocenters. The quantitative estimate of drug-likeness (QED) is 0.375. The van der Waals surface area contributed by atoms with Gasteiger partial charge in [0, 0.05) is 23.2 Å². The van der Waals surface area contributed by atoms with Gasteiger partial charge in [-0.05, 0) is 25.5 Å². The molecule has 3 N–H and O–H groups in total. The lowest BCUT2D eigenvalue weighted by Gasteiger charge is -2.10. The summed E-state index contributed by atoms with van der Waals surface area (Å²) in [5.41, 5.74) is 5.63. The number of benzene rings is 1. The van der Waals surface area contributed by atoms with Crippen molar-refractivity contribution in [3.05, 3.63) is 41.6 Å². The third-order valence-electron chi connectivity index (χ3n) is 2.73. The maximum absolute atomic E-state index is 5.59. The fraction of sp³-hybridized carbons (Fsp3) is 0.286. The fourth-order valence-electron chi connectivity index (χ4n) is 1.94. The molecule has 1 aromatic heterocycles. The second kappa shape index (κ2) is 5.60. The highest BCUT2D eigenvalue weighted by atomic mass is 15.2. The highest BCUT2D eigenvalue weighted by molar-refractivity contribution is 6.08. The number of hydrazine groups is 1. The summed E-state index contributed by atoms with van der Waals surface area (Å²) in [6, 6.07) is 10.0. The van der Waals surface area contributed by atoms with Crippen molar-refractivity contribution in [2.24, 2.45) is 10.8 Å². The molecule has 0 amide bonds. The molecule has 0 spiro atoms. The first-order chi connectivity index (χ1) is 8.76. The van der Waals surface area contributed by atoms with Crippen LogP contribution >= 0.6 is 0 Å². The third kappa shape index (κ3) is 2.49. The average molecular weight is 242 g/mol. The van der Waals surface area contributed by atoms with Crippen molar-refractivity contribution < 1.29 is 0 Å². The Bertz CT molecular complexity index is 575. The number of aromatic nitrogens is 1. The zero-order valence-electron chi connectivity index (χ0n) is 10.8. The number of aliphatic imine (C=N–C) groups is 1. The van der Waals surface area contributed by atoms with Gasteiger partial charge in [0.15, 0.2) is 0 Å². The number of rotatable bonds is 3. The van der Waals surface area contributed by atoms with E-state index in [1.165, 1.54) is 0 Å². The zero-order chi connectivity index (χ0) is 13.0. The molecule has 1 heterocycles. The third-order valence-corrected chi connectivity index (χ3v) is 2.73. The number of pyridine rings is 1. The van der Waals surface area contributed by atoms with Crippen LogP contribution in [0.5, 0.6) is 0 Å². The van der Waals surface area contributed by atoms with E-state index in [1.54, 1.807) is 0 Å². The SMILES string of the molecule is CCCN=C(NN)c1cc(C)nc2ccccc12. The van der Waals surface area contributed by atoms with Crippen LogP contribution < -0.4 is 11.3 Å². The normalized spacial score (nSPS) is 11.8. The van der Waals surface area contributed by atoms with E-state index in [2.05, 4.69) is 22.3 Å². The van der Waals surface area contributed by atoms with Crippen LogP contribution in [0.3, 0.4) is 0 Å². The molecule has 94 valence electrons. The molecular weight excluding hydrogens is 224 g/mol. The standard InChI is InChI=1S/C14H18N4/c1-3-8-16-14(18-15)12-9-10(2)17-13-7-5-4-6-11(12)13/h4-7,9H,3,8,15H2,1-2H3,(H,16,18). The van der Waals surface area contributed by atoms with Crippen molar-refractivity contribution in [1.82, 2.24) is 10.4 Å². The van der Waals surface area contributed by atoms with Crippen molar-refractivity contribution in [1.29, 1.82) is 0 Å². The summed E-state index contributed by atoms with van der Waals surface area (Å²) in [6.07, 6.45) is 0.993. The van der Waals surface area contributed by atoms with Gasteiger partial charge in [-0.25, -0.2) is 5.84 Å². The van der Waals surface area contributed by atoms with Gasteiger partial charge in [-0.2, -0.15) is 0 Å². The number of hydrogen-bond donors (Lipinski definition) is 2. The van der Waals surface area contributed by atoms with Crippen molar-refractivity contribution in [3.63, 3.8) is 0 Å². The van der Waals surface area contributed by atoms with Crippen LogP contribution in [-0.2, 0) is 0 Å². The Morgan fingerprint density at radius 2 is 2.17 bits per heavy atom. The van der Waals surface area contributed by atoms with Gasteiger partial charge < -0.3 is 5.43 Å². The van der Waals surface area contributed by atoms with E-state index in [0.29, 0.717) is 0 Å². The summed E-state index contributed by atoms with van der Waals surface area (Å²) in [6.45, 7) is 4.83. The van der Waals surface area contributed by atoms with Crippen molar-refractivity contribution in [3.8, 4) is 0 Å². The monoisotopic (exact) mass is 242 g/mol. The zero-order valence-corrected chi connectivity index (χ0v) is 10.8. The van der Waals surface area contributed by atoms with E-state index in [-0.39, 0.29) is 0 Å². The van der Waals surface area contributed by atoms with Gasteiger partial charge in [0.2, 0.25) is 0 Å². The number of nitrogens with one attached hydrogen (secondary N) is 1. The second-order valence-electron chi connectivity index (χ2n) is 4.20. The molecule has 0 saturated carbocycles. The fourth-order valence-corrected chi connectivity index (χ4v) is 1.94. The largest absolute Gasteiger partial charge is 0.308 e. The van der Waals surface area contributed by atoms with Crippen molar-refractivity contribution >= 4 is 16.7 Å². The van der Waals surface area contributed by atoms with Gasteiger partial charge in [0.05, 0.1) is 5.52 Å². The molecule has 4 heteroatoms. The molecule has 0 bridgehead atoms. The number of aryl methyl sites for hydroxylation is 1. The van der Waals surface area contributed by atoms with Crippen molar-refractivity contribution in [2.75, 3.05) is 6.54 Å². The summed E-state index contributed by atoms with van der Waals surface area (Å²) in [5.74, 6) is 6.31. The first-order valence-electron chi connectivity index (χ1n) is 6.14. The summed E-state index contributed by atoms with van der Waals surface area (Å²) in [4.78, 5) is 8.98. The maximum atomic E-state index is 5.59. The van der Waals surface area contributed by atoms with E-state index in [0.717, 1.165) is 41.0 Å². The number of amidine groups is 1. The molecule has 2 rings (SSSR count). The minimum absolute atomic E-state index is 0.721. The molecule has 0 aliphatic carbocycles. The lowest BCUT2D eigenvalue weighted by Crippen LogP contribution is -2.31. The van der Waals surface area contributed by atoms with Crippen LogP contribution in [0.25, 0.3) is 10.9 Å². The van der Waals surface area contributed by atoms with Gasteiger partial charge in [-0.1, -0.05) is 25.1 Å². The van der Waals surface area contributed by atoms with E-state index in [4.69, 9.17) is 5.84 Å². The molecule has 0 radical (unpaired) electrons. The van der Waals surface area contributed by atoms with Gasteiger partial charge in [-0.15, -0.1) is 0 Å². The van der Waals surface area contributed by atoms with Crippen LogP contribution in [0.1, 0.15) is 24.6 Å². The highest BCUT2D eigenvalue weighted by Crippen LogP contribution is 2.18. The summed E-state index contributed by atoms with van der Waals surface area (Å²) < 4.78 is 0. The number of nitrogens with two attached hydrogens (primary N) is 1. The molecule has 4 nitrogen and oxygen atoms in total. The first kappa shape index (κ1) is 12.5. The molecule has 18 heavy (non-hydrogen) atoms. The smallest absolute Gasteiger partial charge is 0.143 e. The molecule has 1 aromatic carbocycles. The lowest BCUT2D eigenvalue weighted by atomic mass is 10.1. The number of para-hydroxylation sites is 1. The molecule has 0 saturated heterocycles. The predicted molar refractivity (Wildman–Crippen MR) is 75.5 cm³/mol. The Balaban J connectivity index is 2.61. The molecular formula is C14H18N4. The van der Waals surface area contributed by atoms with Crippen LogP contribution in [0.2, 0.25) is 0 Å². The van der Waals surface area contributed by atoms with E-state index in [9.17, 15) is 0 Å². The molecule has 0 unspecified atom stereocenters. The summed E-state index contributed by atoms with van der Waals surface area (Å²) in [7, 11) is 0. The van der Waals surface area contributed by atoms with Crippen LogP contribution in [0.15, 0.2) is 35.3 Å². The van der Waals surface area contributed by atoms with E-state index in [1.807, 2.05) is 37.3 Å². The number of hydrogen-bond acceptors (Lipinski definition) is 3. The van der Waals surface area contributed by atoms with E-state index >= 15 is 0 Å². The molecule has 0 fully saturated rings. The van der Waals surface area contributed by atoms with Gasteiger partial charge in [0.1, 0.15) is 5.84 Å². The van der Waals surface area contributed by atoms with Gasteiger partial charge in [-0.3, -0.25) is 9.98 Å². The average Bonchev–Trinajstić information content (AvgIpc) is 2.39. The number of fused-ring (bicyclic) bond motifs is 1. The Labute approximate surface area is 107 Å². The minimum atomic E-state index is 0.721. The van der Waals surface area contributed by atoms with E-state index < -0.39 is 0 Å². The van der Waals surface area contributed by atoms with Crippen LogP contribution in [0, 0.1) is 6.92 Å². The Kier molecular flexibility index (Phi) is 3.89. The Morgan fingerprint density at radius 3 is 2.89 bits per heavy atom. The topological polar surface area (TPSA) is 63.3 Å². The minimum Gasteiger partial charge on any atom is -0.308 e. The highest BCUT2D eigenvalue weighted by Gasteiger charge is 2.08.